The highest BCUT2D eigenvalue weighted by atomic mass is 16.5. The number of benzene rings is 4. The van der Waals surface area contributed by atoms with Crippen molar-refractivity contribution in [1.29, 1.82) is 0 Å². The molecule has 0 N–H and O–H groups in total. The summed E-state index contributed by atoms with van der Waals surface area (Å²) < 4.78 is 11.0. The molecule has 4 rings (SSSR count). The molecule has 1 unspecified atom stereocenters. The third-order valence-electron chi connectivity index (χ3n) is 5.82. The van der Waals surface area contributed by atoms with Crippen molar-refractivity contribution >= 4 is 24.0 Å². The van der Waals surface area contributed by atoms with Crippen LogP contribution in [-0.4, -0.2) is 24.0 Å². The van der Waals surface area contributed by atoms with Crippen LogP contribution in [0.2, 0.25) is 0 Å². The Morgan fingerprint density at radius 1 is 0.703 bits per heavy atom. The summed E-state index contributed by atoms with van der Waals surface area (Å²) in [6.45, 7) is 1.89. The van der Waals surface area contributed by atoms with Crippen molar-refractivity contribution in [3.8, 4) is 11.5 Å². The quantitative estimate of drug-likeness (QED) is 0.187. The number of carbonyl (C=O) groups is 3. The van der Waals surface area contributed by atoms with Crippen molar-refractivity contribution in [2.45, 2.75) is 18.8 Å². The average Bonchev–Trinajstić information content (AvgIpc) is 2.92. The molecule has 0 saturated heterocycles. The number of ketones is 1. The van der Waals surface area contributed by atoms with Crippen LogP contribution in [0.4, 0.5) is 0 Å². The van der Waals surface area contributed by atoms with Crippen LogP contribution in [0.25, 0.3) is 0 Å². The van der Waals surface area contributed by atoms with E-state index in [2.05, 4.69) is 0 Å². The highest BCUT2D eigenvalue weighted by molar-refractivity contribution is 6.24. The van der Waals surface area contributed by atoms with Crippen molar-refractivity contribution in [1.82, 2.24) is 0 Å². The summed E-state index contributed by atoms with van der Waals surface area (Å²) in [4.78, 5) is 53.3. The lowest BCUT2D eigenvalue weighted by atomic mass is 9.74. The van der Waals surface area contributed by atoms with Gasteiger partial charge in [-0.05, 0) is 48.4 Å². The molecule has 183 valence electrons. The van der Waals surface area contributed by atoms with Crippen LogP contribution >= 0.6 is 0 Å². The molecular formula is C31H23O6. The molecule has 4 aromatic carbocycles. The molecule has 0 saturated carbocycles. The summed E-state index contributed by atoms with van der Waals surface area (Å²) in [5.74, 6) is -2.37. The van der Waals surface area contributed by atoms with Gasteiger partial charge in [-0.25, -0.2) is 9.59 Å². The number of aryl methyl sites for hydroxylation is 1. The van der Waals surface area contributed by atoms with Gasteiger partial charge in [0.1, 0.15) is 11.5 Å². The Morgan fingerprint density at radius 2 is 1.27 bits per heavy atom. The number of ether oxygens (including phenoxy) is 2. The molecular weight excluding hydrogens is 468 g/mol. The van der Waals surface area contributed by atoms with Gasteiger partial charge in [0.25, 0.3) is 0 Å². The first-order valence-electron chi connectivity index (χ1n) is 11.6. The zero-order valence-corrected chi connectivity index (χ0v) is 20.0. The van der Waals surface area contributed by atoms with Crippen LogP contribution in [0, 0.1) is 6.92 Å². The fraction of sp³-hybridized carbons (Fsp3) is 0.0968. The zero-order valence-electron chi connectivity index (χ0n) is 20.0. The van der Waals surface area contributed by atoms with Crippen molar-refractivity contribution in [2.24, 2.45) is 0 Å². The molecule has 0 aromatic heterocycles. The van der Waals surface area contributed by atoms with Gasteiger partial charge in [-0.3, -0.25) is 9.59 Å². The molecule has 1 atom stereocenters. The minimum atomic E-state index is -2.53. The summed E-state index contributed by atoms with van der Waals surface area (Å²) >= 11 is 0. The van der Waals surface area contributed by atoms with E-state index in [0.29, 0.717) is 5.56 Å². The van der Waals surface area contributed by atoms with Crippen LogP contribution in [0.5, 0.6) is 11.5 Å². The summed E-state index contributed by atoms with van der Waals surface area (Å²) in [5, 5.41) is 0. The fourth-order valence-electron chi connectivity index (χ4n) is 3.87. The number of rotatable bonds is 9. The second kappa shape index (κ2) is 11.3. The molecule has 0 aliphatic rings. The number of para-hydroxylation sites is 1. The van der Waals surface area contributed by atoms with Crippen LogP contribution in [0.1, 0.15) is 27.0 Å². The van der Waals surface area contributed by atoms with Gasteiger partial charge >= 0.3 is 11.9 Å². The van der Waals surface area contributed by atoms with E-state index in [9.17, 15) is 19.2 Å². The van der Waals surface area contributed by atoms with Gasteiger partial charge in [-0.1, -0.05) is 84.4 Å². The number of hydrogen-bond acceptors (Lipinski definition) is 6. The Balaban J connectivity index is 1.79. The van der Waals surface area contributed by atoms with Gasteiger partial charge < -0.3 is 9.47 Å². The lowest BCUT2D eigenvalue weighted by Crippen LogP contribution is -2.49. The number of hydrogen-bond donors (Lipinski definition) is 0. The van der Waals surface area contributed by atoms with Gasteiger partial charge in [-0.15, -0.1) is 0 Å². The molecule has 0 spiro atoms. The van der Waals surface area contributed by atoms with Crippen molar-refractivity contribution < 1.29 is 28.7 Å². The van der Waals surface area contributed by atoms with Gasteiger partial charge in [0, 0.05) is 6.42 Å². The summed E-state index contributed by atoms with van der Waals surface area (Å²) in [6, 6.07) is 29.4. The van der Waals surface area contributed by atoms with E-state index in [1.165, 1.54) is 30.3 Å². The first-order chi connectivity index (χ1) is 17.9. The predicted octanol–water partition coefficient (Wildman–Crippen LogP) is 4.98. The number of Topliss-reactive ketones (excluding diaryl/α,β-unsaturated/α-hetero) is 1. The van der Waals surface area contributed by atoms with E-state index < -0.39 is 23.1 Å². The van der Waals surface area contributed by atoms with Gasteiger partial charge in [0.15, 0.2) is 5.78 Å². The Labute approximate surface area is 214 Å². The smallest absolute Gasteiger partial charge is 0.343 e. The maximum absolute atomic E-state index is 13.8. The monoisotopic (exact) mass is 491 g/mol. The second-order valence-electron chi connectivity index (χ2n) is 8.39. The zero-order chi connectivity index (χ0) is 26.3. The van der Waals surface area contributed by atoms with Gasteiger partial charge in [0.2, 0.25) is 11.7 Å². The first kappa shape index (κ1) is 25.3. The van der Waals surface area contributed by atoms with Crippen LogP contribution < -0.4 is 9.47 Å². The van der Waals surface area contributed by atoms with E-state index in [0.717, 1.165) is 5.56 Å². The Kier molecular flexibility index (Phi) is 7.69. The number of carbonyl (C=O) groups excluding carboxylic acids is 4. The standard InChI is InChI=1S/C31H23O6/c1-22-16-18-25(19-17-22)36-29(34)26-14-8-9-15-27(26)31(21-32,28(33)20-23-10-4-2-5-11-23)30(35)37-24-12-6-3-7-13-24/h2-19H,20H2,1H3. The molecule has 0 heterocycles. The Bertz CT molecular complexity index is 1360. The molecule has 37 heavy (non-hydrogen) atoms. The van der Waals surface area contributed by atoms with E-state index in [1.54, 1.807) is 85.1 Å². The molecule has 0 aliphatic carbocycles. The molecule has 0 amide bonds. The van der Waals surface area contributed by atoms with Crippen LogP contribution in [0.3, 0.4) is 0 Å². The second-order valence-corrected chi connectivity index (χ2v) is 8.39. The molecule has 1 radical (unpaired) electrons. The third kappa shape index (κ3) is 5.54. The van der Waals surface area contributed by atoms with Crippen LogP contribution in [0.15, 0.2) is 109 Å². The molecule has 0 aliphatic heterocycles. The van der Waals surface area contributed by atoms with Crippen molar-refractivity contribution in [2.75, 3.05) is 0 Å². The summed E-state index contributed by atoms with van der Waals surface area (Å²) in [7, 11) is 0. The van der Waals surface area contributed by atoms with Crippen molar-refractivity contribution in [3.63, 3.8) is 0 Å². The van der Waals surface area contributed by atoms with Crippen LogP contribution in [-0.2, 0) is 26.2 Å². The highest BCUT2D eigenvalue weighted by Gasteiger charge is 2.52. The normalized spacial score (nSPS) is 12.1. The molecule has 6 heteroatoms. The lowest BCUT2D eigenvalue weighted by molar-refractivity contribution is -0.143. The van der Waals surface area contributed by atoms with E-state index in [1.807, 2.05) is 6.92 Å². The topological polar surface area (TPSA) is 86.7 Å². The van der Waals surface area contributed by atoms with Gasteiger partial charge in [0.05, 0.1) is 5.56 Å². The Hall–Kier alpha value is -4.84. The minimum Gasteiger partial charge on any atom is -0.425 e. The molecule has 0 fully saturated rings. The summed E-state index contributed by atoms with van der Waals surface area (Å²) in [6.07, 6.45) is 1.39. The molecule has 0 bridgehead atoms. The third-order valence-corrected chi connectivity index (χ3v) is 5.82. The lowest BCUT2D eigenvalue weighted by Gasteiger charge is -2.26. The number of esters is 2. The largest absolute Gasteiger partial charge is 0.425 e. The summed E-state index contributed by atoms with van der Waals surface area (Å²) in [5.41, 5.74) is -1.26. The van der Waals surface area contributed by atoms with Crippen molar-refractivity contribution in [3.05, 3.63) is 131 Å². The van der Waals surface area contributed by atoms with E-state index in [4.69, 9.17) is 9.47 Å². The SMILES string of the molecule is Cc1ccc(OC(=O)c2ccccc2C([C]=O)(C(=O)Cc2ccccc2)C(=O)Oc2ccccc2)cc1. The van der Waals surface area contributed by atoms with E-state index >= 15 is 0 Å². The van der Waals surface area contributed by atoms with E-state index in [-0.39, 0.29) is 29.0 Å². The average molecular weight is 492 g/mol. The first-order valence-corrected chi connectivity index (χ1v) is 11.6. The molecule has 4 aromatic rings. The molecule has 6 nitrogen and oxygen atoms in total. The van der Waals surface area contributed by atoms with Gasteiger partial charge in [-0.2, -0.15) is 0 Å². The maximum atomic E-state index is 13.8. The fourth-order valence-corrected chi connectivity index (χ4v) is 3.87. The predicted molar refractivity (Wildman–Crippen MR) is 137 cm³/mol. The minimum absolute atomic E-state index is 0.127. The highest BCUT2D eigenvalue weighted by Crippen LogP contribution is 2.32. The maximum Gasteiger partial charge on any atom is 0.343 e. The Morgan fingerprint density at radius 3 is 1.92 bits per heavy atom.